The third-order valence-corrected chi connectivity index (χ3v) is 17.1. The zero-order valence-electron chi connectivity index (χ0n) is 46.6. The monoisotopic (exact) mass is 1120 g/mol. The Hall–Kier alpha value is -11.5. The van der Waals surface area contributed by atoms with Crippen LogP contribution in [-0.4, -0.2) is 0 Å². The van der Waals surface area contributed by atoms with Crippen molar-refractivity contribution in [1.29, 1.82) is 0 Å². The van der Waals surface area contributed by atoms with Gasteiger partial charge in [-0.2, -0.15) is 0 Å². The Balaban J connectivity index is 0.974. The van der Waals surface area contributed by atoms with Crippen LogP contribution in [0.15, 0.2) is 304 Å². The molecule has 0 N–H and O–H groups in total. The van der Waals surface area contributed by atoms with Crippen molar-refractivity contribution in [3.8, 4) is 44.5 Å². The van der Waals surface area contributed by atoms with Crippen LogP contribution in [0.5, 0.6) is 0 Å². The summed E-state index contributed by atoms with van der Waals surface area (Å²) in [6.45, 7) is 0. The molecule has 7 heteroatoms. The first-order valence-electron chi connectivity index (χ1n) is 29.1. The fourth-order valence-electron chi connectivity index (χ4n) is 13.3. The maximum absolute atomic E-state index is 18.5. The molecule has 0 spiro atoms. The Morgan fingerprint density at radius 3 is 0.966 bits per heavy atom. The minimum absolute atomic E-state index is 0.340. The van der Waals surface area contributed by atoms with E-state index in [0.717, 1.165) is 98.4 Å². The molecule has 5 nitrogen and oxygen atoms in total. The summed E-state index contributed by atoms with van der Waals surface area (Å²) in [7, 11) is 0. The lowest BCUT2D eigenvalue weighted by Crippen LogP contribution is -2.14. The van der Waals surface area contributed by atoms with Crippen molar-refractivity contribution < 1.29 is 22.0 Å². The van der Waals surface area contributed by atoms with E-state index in [2.05, 4.69) is 72.8 Å². The molecule has 0 bridgehead atoms. The lowest BCUT2D eigenvalue weighted by molar-refractivity contribution is 0.629. The van der Waals surface area contributed by atoms with Gasteiger partial charge in [-0.15, -0.1) is 0 Å². The second kappa shape index (κ2) is 20.1. The Morgan fingerprint density at radius 1 is 0.230 bits per heavy atom. The molecule has 3 aromatic heterocycles. The van der Waals surface area contributed by atoms with Gasteiger partial charge < -0.3 is 23.1 Å². The van der Waals surface area contributed by atoms with Gasteiger partial charge in [-0.25, -0.2) is 8.78 Å². The van der Waals surface area contributed by atoms with Gasteiger partial charge in [-0.1, -0.05) is 231 Å². The van der Waals surface area contributed by atoms with Crippen molar-refractivity contribution in [1.82, 2.24) is 0 Å². The Bertz CT molecular complexity index is 5220. The largest absolute Gasteiger partial charge is 0.456 e. The molecule has 3 heterocycles. The fourth-order valence-corrected chi connectivity index (χ4v) is 13.3. The highest BCUT2D eigenvalue weighted by Gasteiger charge is 2.32. The molecule has 0 amide bonds. The Labute approximate surface area is 498 Å². The van der Waals surface area contributed by atoms with Crippen LogP contribution < -0.4 is 9.80 Å². The average molecular weight is 1120 g/mol. The molecule has 17 aromatic rings. The van der Waals surface area contributed by atoms with E-state index in [1.54, 1.807) is 12.1 Å². The third-order valence-electron chi connectivity index (χ3n) is 17.1. The first kappa shape index (κ1) is 50.0. The number of benzene rings is 14. The van der Waals surface area contributed by atoms with Gasteiger partial charge in [-0.3, -0.25) is 0 Å². The van der Waals surface area contributed by atoms with Crippen molar-refractivity contribution in [2.45, 2.75) is 0 Å². The molecule has 0 aliphatic carbocycles. The van der Waals surface area contributed by atoms with Crippen molar-refractivity contribution in [2.24, 2.45) is 0 Å². The first-order valence-corrected chi connectivity index (χ1v) is 29.1. The quantitative estimate of drug-likeness (QED) is 0.137. The van der Waals surface area contributed by atoms with E-state index in [9.17, 15) is 0 Å². The molecular formula is C80H48F2N2O3. The van der Waals surface area contributed by atoms with Gasteiger partial charge >= 0.3 is 0 Å². The molecule has 0 saturated heterocycles. The van der Waals surface area contributed by atoms with Gasteiger partial charge in [0.2, 0.25) is 0 Å². The van der Waals surface area contributed by atoms with E-state index in [-0.39, 0.29) is 0 Å². The maximum Gasteiger partial charge on any atom is 0.159 e. The van der Waals surface area contributed by atoms with Crippen LogP contribution in [0.2, 0.25) is 0 Å². The molecule has 0 unspecified atom stereocenters. The van der Waals surface area contributed by atoms with E-state index < -0.39 is 11.6 Å². The Kier molecular flexibility index (Phi) is 11.5. The minimum atomic E-state index is -0.425. The SMILES string of the molecule is Fc1cc(-c2ccccc2)cc(-c2ccccc2)c1N(c1cc2oc3cc(N(c4c(F)cc(-c5ccccc5)cc4-c4ccccc4)c4cccc5c4oc4ccccc45)c4ccccc4c3c2c2ccccc12)c1cccc2c1oc1ccccc12. The Morgan fingerprint density at radius 2 is 0.563 bits per heavy atom. The normalized spacial score (nSPS) is 11.8. The van der Waals surface area contributed by atoms with Crippen LogP contribution in [0.25, 0.3) is 132 Å². The summed E-state index contributed by atoms with van der Waals surface area (Å²) in [6.07, 6.45) is 0. The molecule has 0 atom stereocenters. The topological polar surface area (TPSA) is 45.9 Å². The standard InChI is InChI=1S/C80H48F2N2O3/c81-65-45-53(49-23-5-1-6-24-49)43-63(51-27-9-3-10-28-51)77(65)83(67-39-21-37-61-57-33-17-19-41-71(57)86-79(61)67)69-47-73-75(59-35-15-13-31-55(59)69)76-60-36-16-14-32-56(60)70(48-74(76)85-73)84(68-40-22-38-62-58-34-18-20-42-72(58)87-80(62)68)78-64(52-29-11-4-12-30-52)44-54(46-66(78)82)50-25-7-2-8-26-50/h1-48H. The average Bonchev–Trinajstić information content (AvgIpc) is 1.86. The number of furan rings is 3. The smallest absolute Gasteiger partial charge is 0.159 e. The van der Waals surface area contributed by atoms with E-state index in [1.165, 1.54) is 0 Å². The molecule has 410 valence electrons. The number of nitrogens with zero attached hydrogens (tertiary/aromatic N) is 2. The summed E-state index contributed by atoms with van der Waals surface area (Å²) < 4.78 is 58.1. The summed E-state index contributed by atoms with van der Waals surface area (Å²) >= 11 is 0. The zero-order valence-corrected chi connectivity index (χ0v) is 46.6. The molecule has 87 heavy (non-hydrogen) atoms. The lowest BCUT2D eigenvalue weighted by Gasteiger charge is -2.30. The number of hydrogen-bond donors (Lipinski definition) is 0. The third kappa shape index (κ3) is 8.04. The van der Waals surface area contributed by atoms with E-state index in [0.29, 0.717) is 67.6 Å². The number of halogens is 2. The van der Waals surface area contributed by atoms with Gasteiger partial charge in [0.25, 0.3) is 0 Å². The first-order chi connectivity index (χ1) is 43.0. The predicted octanol–water partition coefficient (Wildman–Crippen LogP) is 23.6. The molecule has 0 radical (unpaired) electrons. The molecule has 0 saturated carbocycles. The van der Waals surface area contributed by atoms with Crippen molar-refractivity contribution in [3.05, 3.63) is 303 Å². The maximum atomic E-state index is 18.5. The van der Waals surface area contributed by atoms with E-state index >= 15 is 8.78 Å². The van der Waals surface area contributed by atoms with Crippen molar-refractivity contribution >= 4 is 121 Å². The highest BCUT2D eigenvalue weighted by Crippen LogP contribution is 2.55. The summed E-state index contributed by atoms with van der Waals surface area (Å²) in [5, 5.41) is 8.95. The number of anilines is 6. The van der Waals surface area contributed by atoms with Crippen LogP contribution in [0.3, 0.4) is 0 Å². The molecule has 0 aliphatic rings. The summed E-state index contributed by atoms with van der Waals surface area (Å²) in [6, 6.07) is 96.2. The summed E-state index contributed by atoms with van der Waals surface area (Å²) in [5.41, 5.74) is 13.4. The van der Waals surface area contributed by atoms with Crippen LogP contribution in [-0.2, 0) is 0 Å². The van der Waals surface area contributed by atoms with Gasteiger partial charge in [0.15, 0.2) is 11.2 Å². The molecule has 14 aromatic carbocycles. The summed E-state index contributed by atoms with van der Waals surface area (Å²) in [5.74, 6) is -0.850. The second-order valence-corrected chi connectivity index (χ2v) is 22.1. The highest BCUT2D eigenvalue weighted by atomic mass is 19.1. The number of rotatable bonds is 10. The number of hydrogen-bond acceptors (Lipinski definition) is 5. The predicted molar refractivity (Wildman–Crippen MR) is 354 cm³/mol. The van der Waals surface area contributed by atoms with E-state index in [4.69, 9.17) is 13.3 Å². The second-order valence-electron chi connectivity index (χ2n) is 22.1. The molecular weight excluding hydrogens is 1070 g/mol. The van der Waals surface area contributed by atoms with Crippen LogP contribution in [0, 0.1) is 11.6 Å². The van der Waals surface area contributed by atoms with Crippen LogP contribution >= 0.6 is 0 Å². The van der Waals surface area contributed by atoms with Gasteiger partial charge in [0, 0.05) is 66.3 Å². The number of fused-ring (bicyclic) bond motifs is 13. The zero-order chi connectivity index (χ0) is 57.7. The molecule has 0 aliphatic heterocycles. The van der Waals surface area contributed by atoms with Gasteiger partial charge in [-0.05, 0) is 92.7 Å². The molecule has 0 fully saturated rings. The highest BCUT2D eigenvalue weighted by molar-refractivity contribution is 6.31. The van der Waals surface area contributed by atoms with Crippen molar-refractivity contribution in [3.63, 3.8) is 0 Å². The minimum Gasteiger partial charge on any atom is -0.456 e. The lowest BCUT2D eigenvalue weighted by atomic mass is 9.93. The van der Waals surface area contributed by atoms with Gasteiger partial charge in [0.05, 0.1) is 34.1 Å². The van der Waals surface area contributed by atoms with E-state index in [1.807, 2.05) is 216 Å². The number of para-hydroxylation sites is 4. The van der Waals surface area contributed by atoms with Crippen LogP contribution in [0.1, 0.15) is 0 Å². The van der Waals surface area contributed by atoms with Gasteiger partial charge in [0.1, 0.15) is 34.0 Å². The fraction of sp³-hybridized carbons (Fsp3) is 0. The molecule has 17 rings (SSSR count). The van der Waals surface area contributed by atoms with Crippen LogP contribution in [0.4, 0.5) is 42.9 Å². The summed E-state index contributed by atoms with van der Waals surface area (Å²) in [4.78, 5) is 4.05. The van der Waals surface area contributed by atoms with Crippen molar-refractivity contribution in [2.75, 3.05) is 9.80 Å².